The Morgan fingerprint density at radius 1 is 1.00 bits per heavy atom. The first-order valence-corrected chi connectivity index (χ1v) is 8.77. The smallest absolute Gasteiger partial charge is 0.182 e. The molecule has 1 aliphatic rings. The van der Waals surface area contributed by atoms with Crippen molar-refractivity contribution in [2.45, 2.75) is 16.1 Å². The third kappa shape index (κ3) is 2.17. The molecule has 3 rings (SSSR count). The predicted molar refractivity (Wildman–Crippen MR) is 85.2 cm³/mol. The van der Waals surface area contributed by atoms with E-state index in [1.807, 2.05) is 30.3 Å². The Morgan fingerprint density at radius 3 is 2.05 bits per heavy atom. The van der Waals surface area contributed by atoms with Crippen molar-refractivity contribution in [3.63, 3.8) is 0 Å². The van der Waals surface area contributed by atoms with Gasteiger partial charge in [-0.05, 0) is 17.7 Å². The maximum absolute atomic E-state index is 12.9. The zero-order valence-corrected chi connectivity index (χ0v) is 12.9. The van der Waals surface area contributed by atoms with Gasteiger partial charge in [0.15, 0.2) is 9.84 Å². The summed E-state index contributed by atoms with van der Waals surface area (Å²) in [6.45, 7) is -0.0976. The Kier molecular flexibility index (Phi) is 3.80. The Bertz CT molecular complexity index is 740. The van der Waals surface area contributed by atoms with E-state index in [9.17, 15) is 13.5 Å². The van der Waals surface area contributed by atoms with E-state index in [-0.39, 0.29) is 24.0 Å². The van der Waals surface area contributed by atoms with Crippen LogP contribution in [0.25, 0.3) is 0 Å². The lowest BCUT2D eigenvalue weighted by atomic mass is 10.0. The second-order valence-electron chi connectivity index (χ2n) is 5.76. The van der Waals surface area contributed by atoms with Gasteiger partial charge >= 0.3 is 0 Å². The van der Waals surface area contributed by atoms with E-state index in [2.05, 4.69) is 0 Å². The number of hydrogen-bond acceptors (Lipinski definition) is 4. The van der Waals surface area contributed by atoms with Gasteiger partial charge in [-0.3, -0.25) is 0 Å². The highest BCUT2D eigenvalue weighted by atomic mass is 32.2. The van der Waals surface area contributed by atoms with Gasteiger partial charge in [-0.15, -0.1) is 0 Å². The fourth-order valence-corrected chi connectivity index (χ4v) is 5.83. The van der Waals surface area contributed by atoms with Crippen molar-refractivity contribution in [2.24, 2.45) is 11.1 Å². The van der Waals surface area contributed by atoms with Gasteiger partial charge in [-0.1, -0.05) is 48.5 Å². The summed E-state index contributed by atoms with van der Waals surface area (Å²) in [6.07, 6.45) is 0. The summed E-state index contributed by atoms with van der Waals surface area (Å²) in [5.41, 5.74) is 5.96. The fraction of sp³-hybridized carbons (Fsp3) is 0.294. The Morgan fingerprint density at radius 2 is 1.55 bits per heavy atom. The summed E-state index contributed by atoms with van der Waals surface area (Å²) in [5, 5.41) is 9.14. The van der Waals surface area contributed by atoms with Crippen LogP contribution in [0.2, 0.25) is 0 Å². The van der Waals surface area contributed by atoms with Crippen molar-refractivity contribution in [1.82, 2.24) is 0 Å². The van der Waals surface area contributed by atoms with E-state index >= 15 is 0 Å². The summed E-state index contributed by atoms with van der Waals surface area (Å²) in [4.78, 5) is 0.282. The number of hydrogen-bond donors (Lipinski definition) is 2. The van der Waals surface area contributed by atoms with Crippen LogP contribution in [0.5, 0.6) is 0 Å². The molecule has 3 atom stereocenters. The normalized spacial score (nSPS) is 27.5. The lowest BCUT2D eigenvalue weighted by molar-refractivity contribution is 0.212. The van der Waals surface area contributed by atoms with Gasteiger partial charge in [0.2, 0.25) is 0 Å². The molecule has 0 aromatic heterocycles. The molecule has 3 N–H and O–H groups in total. The predicted octanol–water partition coefficient (Wildman–Crippen LogP) is 1.56. The van der Waals surface area contributed by atoms with Crippen LogP contribution in [0.3, 0.4) is 0 Å². The van der Waals surface area contributed by atoms with Crippen LogP contribution in [0.4, 0.5) is 0 Å². The molecule has 0 spiro atoms. The van der Waals surface area contributed by atoms with Crippen LogP contribution in [0.1, 0.15) is 11.5 Å². The molecule has 1 fully saturated rings. The molecule has 0 amide bonds. The second kappa shape index (κ2) is 5.50. The molecular weight excluding hydrogens is 298 g/mol. The van der Waals surface area contributed by atoms with Gasteiger partial charge in [0.05, 0.1) is 16.8 Å². The number of aliphatic hydroxyl groups excluding tert-OH is 1. The molecule has 2 aromatic rings. The van der Waals surface area contributed by atoms with Crippen molar-refractivity contribution in [1.29, 1.82) is 0 Å². The Labute approximate surface area is 130 Å². The standard InChI is InChI=1S/C17H19NO3S/c18-11-17(12-19)15(13-7-3-1-4-8-13)16(17)22(20,21)14-9-5-2-6-10-14/h1-10,15-16,19H,11-12,18H2/t15-,16-,17+/m0/s1. The van der Waals surface area contributed by atoms with Gasteiger partial charge in [0.25, 0.3) is 0 Å². The van der Waals surface area contributed by atoms with E-state index in [1.165, 1.54) is 0 Å². The summed E-state index contributed by atoms with van der Waals surface area (Å²) < 4.78 is 25.9. The number of benzene rings is 2. The van der Waals surface area contributed by atoms with E-state index in [4.69, 9.17) is 5.73 Å². The van der Waals surface area contributed by atoms with E-state index in [0.717, 1.165) is 5.56 Å². The molecule has 0 saturated heterocycles. The Hall–Kier alpha value is -1.69. The minimum atomic E-state index is -3.53. The number of aliphatic hydroxyl groups is 1. The molecule has 4 nitrogen and oxygen atoms in total. The Balaban J connectivity index is 2.06. The molecular formula is C17H19NO3S. The molecule has 116 valence electrons. The van der Waals surface area contributed by atoms with Gasteiger partial charge in [-0.25, -0.2) is 8.42 Å². The molecule has 0 bridgehead atoms. The molecule has 2 aromatic carbocycles. The van der Waals surface area contributed by atoms with Crippen LogP contribution in [0.15, 0.2) is 65.6 Å². The molecule has 0 aliphatic heterocycles. The van der Waals surface area contributed by atoms with Crippen LogP contribution in [0, 0.1) is 5.41 Å². The highest BCUT2D eigenvalue weighted by molar-refractivity contribution is 7.92. The summed E-state index contributed by atoms with van der Waals surface area (Å²) >= 11 is 0. The van der Waals surface area contributed by atoms with E-state index in [1.54, 1.807) is 30.3 Å². The highest BCUT2D eigenvalue weighted by Gasteiger charge is 2.69. The van der Waals surface area contributed by atoms with Gasteiger partial charge in [0.1, 0.15) is 0 Å². The average Bonchev–Trinajstić information content (AvgIpc) is 3.27. The largest absolute Gasteiger partial charge is 0.396 e. The molecule has 0 radical (unpaired) electrons. The monoisotopic (exact) mass is 317 g/mol. The number of nitrogens with two attached hydrogens (primary N) is 1. The fourth-order valence-electron chi connectivity index (χ4n) is 3.36. The third-order valence-electron chi connectivity index (χ3n) is 4.62. The SMILES string of the molecule is NC[C@@]1(CO)[C@@H](c2ccccc2)[C@@H]1S(=O)(=O)c1ccccc1. The number of rotatable bonds is 5. The van der Waals surface area contributed by atoms with Crippen molar-refractivity contribution < 1.29 is 13.5 Å². The molecule has 1 saturated carbocycles. The van der Waals surface area contributed by atoms with Gasteiger partial charge < -0.3 is 10.8 Å². The highest BCUT2D eigenvalue weighted by Crippen LogP contribution is 2.63. The van der Waals surface area contributed by atoms with Crippen molar-refractivity contribution in [3.8, 4) is 0 Å². The quantitative estimate of drug-likeness (QED) is 0.877. The molecule has 0 heterocycles. The van der Waals surface area contributed by atoms with Crippen LogP contribution < -0.4 is 5.73 Å². The summed E-state index contributed by atoms with van der Waals surface area (Å²) in [7, 11) is -3.53. The molecule has 1 aliphatic carbocycles. The maximum atomic E-state index is 12.9. The first kappa shape index (κ1) is 15.2. The average molecular weight is 317 g/mol. The zero-order valence-electron chi connectivity index (χ0n) is 12.1. The maximum Gasteiger partial charge on any atom is 0.182 e. The van der Waals surface area contributed by atoms with Gasteiger partial charge in [-0.2, -0.15) is 0 Å². The van der Waals surface area contributed by atoms with E-state index in [0.29, 0.717) is 0 Å². The molecule has 22 heavy (non-hydrogen) atoms. The van der Waals surface area contributed by atoms with Crippen molar-refractivity contribution in [2.75, 3.05) is 13.2 Å². The lowest BCUT2D eigenvalue weighted by Gasteiger charge is -2.12. The lowest BCUT2D eigenvalue weighted by Crippen LogP contribution is -2.27. The first-order chi connectivity index (χ1) is 10.6. The summed E-state index contributed by atoms with van der Waals surface area (Å²) in [6, 6.07) is 17.8. The van der Waals surface area contributed by atoms with Crippen molar-refractivity contribution in [3.05, 3.63) is 66.2 Å². The third-order valence-corrected chi connectivity index (χ3v) is 6.96. The molecule has 0 unspecified atom stereocenters. The minimum absolute atomic E-state index is 0.139. The molecule has 5 heteroatoms. The number of sulfone groups is 1. The van der Waals surface area contributed by atoms with E-state index < -0.39 is 20.5 Å². The van der Waals surface area contributed by atoms with Crippen LogP contribution in [-0.2, 0) is 9.84 Å². The van der Waals surface area contributed by atoms with Crippen molar-refractivity contribution >= 4 is 9.84 Å². The van der Waals surface area contributed by atoms with Crippen LogP contribution in [-0.4, -0.2) is 31.9 Å². The first-order valence-electron chi connectivity index (χ1n) is 7.23. The van der Waals surface area contributed by atoms with Gasteiger partial charge in [0, 0.05) is 17.9 Å². The van der Waals surface area contributed by atoms with Crippen LogP contribution >= 0.6 is 0 Å². The minimum Gasteiger partial charge on any atom is -0.396 e. The second-order valence-corrected chi connectivity index (χ2v) is 7.83. The summed E-state index contributed by atoms with van der Waals surface area (Å²) in [5.74, 6) is -0.270. The zero-order chi connectivity index (χ0) is 15.8. The topological polar surface area (TPSA) is 80.4 Å².